The SMILES string of the molecule is CC(C)(NC(=O)C1CCCc2ccccc21)C(N)=NO. The maximum Gasteiger partial charge on any atom is 0.228 e. The van der Waals surface area contributed by atoms with E-state index in [9.17, 15) is 4.79 Å². The van der Waals surface area contributed by atoms with Crippen molar-refractivity contribution >= 4 is 11.7 Å². The van der Waals surface area contributed by atoms with Crippen LogP contribution in [0.2, 0.25) is 0 Å². The van der Waals surface area contributed by atoms with E-state index in [0.717, 1.165) is 24.8 Å². The Labute approximate surface area is 118 Å². The summed E-state index contributed by atoms with van der Waals surface area (Å²) < 4.78 is 0. The lowest BCUT2D eigenvalue weighted by Crippen LogP contribution is -2.54. The summed E-state index contributed by atoms with van der Waals surface area (Å²) in [5.41, 5.74) is 7.07. The fraction of sp³-hybridized carbons (Fsp3) is 0.467. The van der Waals surface area contributed by atoms with Gasteiger partial charge in [0.2, 0.25) is 5.91 Å². The van der Waals surface area contributed by atoms with Crippen LogP contribution in [0.1, 0.15) is 43.7 Å². The molecule has 5 nitrogen and oxygen atoms in total. The van der Waals surface area contributed by atoms with Gasteiger partial charge in [-0.05, 0) is 44.2 Å². The number of rotatable bonds is 3. The fourth-order valence-corrected chi connectivity index (χ4v) is 2.61. The van der Waals surface area contributed by atoms with Gasteiger partial charge in [-0.1, -0.05) is 29.4 Å². The third-order valence-corrected chi connectivity index (χ3v) is 3.87. The Balaban J connectivity index is 2.19. The first-order chi connectivity index (χ1) is 9.45. The third kappa shape index (κ3) is 2.76. The monoisotopic (exact) mass is 275 g/mol. The Morgan fingerprint density at radius 3 is 2.85 bits per heavy atom. The van der Waals surface area contributed by atoms with Gasteiger partial charge in [-0.3, -0.25) is 4.79 Å². The minimum atomic E-state index is -0.863. The van der Waals surface area contributed by atoms with Crippen LogP contribution in [0, 0.1) is 0 Å². The van der Waals surface area contributed by atoms with Gasteiger partial charge in [-0.15, -0.1) is 0 Å². The summed E-state index contributed by atoms with van der Waals surface area (Å²) in [6.07, 6.45) is 2.85. The molecule has 1 aliphatic rings. The topological polar surface area (TPSA) is 87.7 Å². The summed E-state index contributed by atoms with van der Waals surface area (Å²) in [6.45, 7) is 3.43. The number of hydrogen-bond acceptors (Lipinski definition) is 3. The number of oxime groups is 1. The molecule has 0 aromatic heterocycles. The van der Waals surface area contributed by atoms with Gasteiger partial charge in [0, 0.05) is 0 Å². The van der Waals surface area contributed by atoms with E-state index in [2.05, 4.69) is 16.5 Å². The van der Waals surface area contributed by atoms with Crippen LogP contribution < -0.4 is 11.1 Å². The number of carbonyl (C=O) groups excluding carboxylic acids is 1. The van der Waals surface area contributed by atoms with Crippen LogP contribution in [-0.4, -0.2) is 22.5 Å². The zero-order chi connectivity index (χ0) is 14.8. The van der Waals surface area contributed by atoms with Crippen LogP contribution in [0.5, 0.6) is 0 Å². The number of nitrogens with two attached hydrogens (primary N) is 1. The standard InChI is InChI=1S/C15H21N3O2/c1-15(2,14(16)18-20)17-13(19)12-9-5-7-10-6-3-4-8-11(10)12/h3-4,6,8,12,20H,5,7,9H2,1-2H3,(H2,16,18)(H,17,19). The first-order valence-electron chi connectivity index (χ1n) is 6.83. The second-order valence-corrected chi connectivity index (χ2v) is 5.74. The molecule has 0 saturated carbocycles. The smallest absolute Gasteiger partial charge is 0.228 e. The molecular weight excluding hydrogens is 254 g/mol. The average Bonchev–Trinajstić information content (AvgIpc) is 2.45. The van der Waals surface area contributed by atoms with Crippen LogP contribution >= 0.6 is 0 Å². The van der Waals surface area contributed by atoms with Crippen LogP contribution in [0.3, 0.4) is 0 Å². The van der Waals surface area contributed by atoms with Gasteiger partial charge in [-0.25, -0.2) is 0 Å². The highest BCUT2D eigenvalue weighted by molar-refractivity contribution is 5.95. The molecule has 0 radical (unpaired) electrons. The van der Waals surface area contributed by atoms with Crippen molar-refractivity contribution in [2.45, 2.75) is 44.6 Å². The summed E-state index contributed by atoms with van der Waals surface area (Å²) in [5, 5.41) is 14.6. The quantitative estimate of drug-likeness (QED) is 0.340. The molecule has 0 saturated heterocycles. The Morgan fingerprint density at radius 1 is 1.45 bits per heavy atom. The van der Waals surface area contributed by atoms with E-state index in [1.165, 1.54) is 5.56 Å². The number of nitrogens with one attached hydrogen (secondary N) is 1. The predicted octanol–water partition coefficient (Wildman–Crippen LogP) is 1.75. The lowest BCUT2D eigenvalue weighted by Gasteiger charge is -2.30. The minimum absolute atomic E-state index is 0.00468. The van der Waals surface area contributed by atoms with Gasteiger partial charge in [0.05, 0.1) is 11.5 Å². The van der Waals surface area contributed by atoms with Gasteiger partial charge in [-0.2, -0.15) is 0 Å². The summed E-state index contributed by atoms with van der Waals surface area (Å²) in [4.78, 5) is 12.5. The molecule has 2 rings (SSSR count). The molecule has 1 atom stereocenters. The third-order valence-electron chi connectivity index (χ3n) is 3.87. The van der Waals surface area contributed by atoms with Gasteiger partial charge in [0.25, 0.3) is 0 Å². The summed E-state index contributed by atoms with van der Waals surface area (Å²) in [6, 6.07) is 8.04. The number of benzene rings is 1. The summed E-state index contributed by atoms with van der Waals surface area (Å²) in [5.74, 6) is -0.241. The molecule has 0 aliphatic heterocycles. The van der Waals surface area contributed by atoms with E-state index in [1.807, 2.05) is 18.2 Å². The highest BCUT2D eigenvalue weighted by Gasteiger charge is 2.32. The van der Waals surface area contributed by atoms with Gasteiger partial charge < -0.3 is 16.3 Å². The molecule has 20 heavy (non-hydrogen) atoms. The van der Waals surface area contributed by atoms with Crippen molar-refractivity contribution in [3.05, 3.63) is 35.4 Å². The molecule has 1 amide bonds. The largest absolute Gasteiger partial charge is 0.409 e. The molecule has 1 aromatic rings. The molecule has 0 bridgehead atoms. The van der Waals surface area contributed by atoms with E-state index in [-0.39, 0.29) is 17.7 Å². The molecule has 4 N–H and O–H groups in total. The molecule has 0 heterocycles. The lowest BCUT2D eigenvalue weighted by atomic mass is 9.82. The summed E-state index contributed by atoms with van der Waals surface area (Å²) >= 11 is 0. The van der Waals surface area contributed by atoms with Crippen LogP contribution in [0.15, 0.2) is 29.4 Å². The Kier molecular flexibility index (Phi) is 3.97. The van der Waals surface area contributed by atoms with Crippen molar-refractivity contribution in [2.24, 2.45) is 10.9 Å². The second-order valence-electron chi connectivity index (χ2n) is 5.74. The highest BCUT2D eigenvalue weighted by Crippen LogP contribution is 2.31. The van der Waals surface area contributed by atoms with Gasteiger partial charge in [0.1, 0.15) is 0 Å². The van der Waals surface area contributed by atoms with Crippen molar-refractivity contribution in [3.63, 3.8) is 0 Å². The maximum absolute atomic E-state index is 12.5. The van der Waals surface area contributed by atoms with Crippen molar-refractivity contribution < 1.29 is 10.0 Å². The Bertz CT molecular complexity index is 538. The van der Waals surface area contributed by atoms with Crippen molar-refractivity contribution in [1.82, 2.24) is 5.32 Å². The number of fused-ring (bicyclic) bond motifs is 1. The van der Waals surface area contributed by atoms with E-state index < -0.39 is 5.54 Å². The molecule has 1 unspecified atom stereocenters. The lowest BCUT2D eigenvalue weighted by molar-refractivity contribution is -0.123. The average molecular weight is 275 g/mol. The van der Waals surface area contributed by atoms with Crippen molar-refractivity contribution in [3.8, 4) is 0 Å². The number of amides is 1. The van der Waals surface area contributed by atoms with E-state index in [4.69, 9.17) is 10.9 Å². The normalized spacial score (nSPS) is 19.3. The van der Waals surface area contributed by atoms with Crippen LogP contribution in [0.25, 0.3) is 0 Å². The van der Waals surface area contributed by atoms with E-state index in [0.29, 0.717) is 0 Å². The number of carbonyl (C=O) groups is 1. The number of nitrogens with zero attached hydrogens (tertiary/aromatic N) is 1. The van der Waals surface area contributed by atoms with E-state index in [1.54, 1.807) is 13.8 Å². The molecule has 5 heteroatoms. The first-order valence-corrected chi connectivity index (χ1v) is 6.83. The number of aryl methyl sites for hydroxylation is 1. The molecule has 0 spiro atoms. The Morgan fingerprint density at radius 2 is 2.15 bits per heavy atom. The maximum atomic E-state index is 12.5. The highest BCUT2D eigenvalue weighted by atomic mass is 16.4. The molecule has 108 valence electrons. The molecule has 0 fully saturated rings. The van der Waals surface area contributed by atoms with Crippen LogP contribution in [0.4, 0.5) is 0 Å². The fourth-order valence-electron chi connectivity index (χ4n) is 2.61. The zero-order valence-electron chi connectivity index (χ0n) is 11.9. The summed E-state index contributed by atoms with van der Waals surface area (Å²) in [7, 11) is 0. The van der Waals surface area contributed by atoms with Gasteiger partial charge >= 0.3 is 0 Å². The number of amidine groups is 1. The Hall–Kier alpha value is -2.04. The van der Waals surface area contributed by atoms with Gasteiger partial charge in [0.15, 0.2) is 5.84 Å². The predicted molar refractivity (Wildman–Crippen MR) is 77.8 cm³/mol. The molecule has 1 aromatic carbocycles. The second kappa shape index (κ2) is 5.53. The first kappa shape index (κ1) is 14.4. The number of hydrogen-bond donors (Lipinski definition) is 3. The van der Waals surface area contributed by atoms with E-state index >= 15 is 0 Å². The van der Waals surface area contributed by atoms with Crippen molar-refractivity contribution in [1.29, 1.82) is 0 Å². The van der Waals surface area contributed by atoms with Crippen molar-refractivity contribution in [2.75, 3.05) is 0 Å². The van der Waals surface area contributed by atoms with Crippen LogP contribution in [-0.2, 0) is 11.2 Å². The molecule has 1 aliphatic carbocycles. The zero-order valence-corrected chi connectivity index (χ0v) is 11.9. The molecular formula is C15H21N3O2. The minimum Gasteiger partial charge on any atom is -0.409 e.